The Kier molecular flexibility index (Phi) is 4.94. The van der Waals surface area contributed by atoms with E-state index in [1.165, 1.54) is 5.56 Å². The Morgan fingerprint density at radius 3 is 2.31 bits per heavy atom. The van der Waals surface area contributed by atoms with Crippen molar-refractivity contribution in [1.29, 1.82) is 0 Å². The summed E-state index contributed by atoms with van der Waals surface area (Å²) >= 11 is 0. The predicted octanol–water partition coefficient (Wildman–Crippen LogP) is 5.52. The van der Waals surface area contributed by atoms with Gasteiger partial charge in [-0.3, -0.25) is 4.79 Å². The molecule has 0 saturated carbocycles. The summed E-state index contributed by atoms with van der Waals surface area (Å²) in [5, 5.41) is 9.84. The Bertz CT molecular complexity index is 1350. The third kappa shape index (κ3) is 3.42. The van der Waals surface area contributed by atoms with Gasteiger partial charge in [0.25, 0.3) is 0 Å². The molecular formula is C27H25NO. The molecule has 0 fully saturated rings. The van der Waals surface area contributed by atoms with Crippen LogP contribution in [-0.4, -0.2) is 5.78 Å². The molecule has 0 heterocycles. The molecule has 0 atom stereocenters. The Labute approximate surface area is 171 Å². The first-order chi connectivity index (χ1) is 14.0. The topological polar surface area (TPSA) is 29.1 Å². The van der Waals surface area contributed by atoms with Crippen LogP contribution in [0, 0.1) is 13.8 Å². The van der Waals surface area contributed by atoms with Crippen LogP contribution < -0.4 is 15.8 Å². The van der Waals surface area contributed by atoms with Gasteiger partial charge in [-0.15, -0.1) is 0 Å². The number of anilines is 2. The number of Topliss-reactive ketones (excluding diaryl/α,β-unsaturated/α-hetero) is 1. The van der Waals surface area contributed by atoms with Crippen LogP contribution in [-0.2, 0) is 4.79 Å². The molecule has 0 amide bonds. The number of carbonyl (C=O) groups excluding carboxylic acids is 1. The average Bonchev–Trinajstić information content (AvgIpc) is 2.74. The minimum Gasteiger partial charge on any atom is -0.355 e. The molecule has 0 saturated heterocycles. The largest absolute Gasteiger partial charge is 0.355 e. The highest BCUT2D eigenvalue weighted by Gasteiger charge is 2.12. The van der Waals surface area contributed by atoms with Crippen LogP contribution in [0.5, 0.6) is 0 Å². The van der Waals surface area contributed by atoms with E-state index >= 15 is 0 Å². The van der Waals surface area contributed by atoms with Crippen LogP contribution in [0.25, 0.3) is 34.2 Å². The van der Waals surface area contributed by atoms with Crippen molar-refractivity contribution in [2.75, 3.05) is 5.32 Å². The third-order valence-electron chi connectivity index (χ3n) is 5.51. The van der Waals surface area contributed by atoms with Crippen molar-refractivity contribution in [2.24, 2.45) is 0 Å². The van der Waals surface area contributed by atoms with E-state index in [-0.39, 0.29) is 5.78 Å². The normalized spacial score (nSPS) is 11.9. The van der Waals surface area contributed by atoms with Crippen molar-refractivity contribution < 1.29 is 4.79 Å². The van der Waals surface area contributed by atoms with Crippen molar-refractivity contribution >= 4 is 51.4 Å². The fourth-order valence-electron chi connectivity index (χ4n) is 3.93. The number of hydrogen-bond donors (Lipinski definition) is 1. The SMILES string of the molecule is C=c1c2ccccc2/c(=C/C(=O)CC)c2c(C)ccc(Nc3ccc(C)cc3)c12. The molecular weight excluding hydrogens is 354 g/mol. The van der Waals surface area contributed by atoms with Crippen molar-refractivity contribution in [2.45, 2.75) is 27.2 Å². The molecule has 0 unspecified atom stereocenters. The Morgan fingerprint density at radius 2 is 1.62 bits per heavy atom. The molecule has 2 heteroatoms. The zero-order valence-electron chi connectivity index (χ0n) is 17.2. The van der Waals surface area contributed by atoms with E-state index in [4.69, 9.17) is 0 Å². The quantitative estimate of drug-likeness (QED) is 0.473. The highest BCUT2D eigenvalue weighted by atomic mass is 16.1. The van der Waals surface area contributed by atoms with Crippen molar-refractivity contribution in [3.05, 3.63) is 82.2 Å². The van der Waals surface area contributed by atoms with E-state index in [0.29, 0.717) is 6.42 Å². The summed E-state index contributed by atoms with van der Waals surface area (Å²) < 4.78 is 0. The molecule has 29 heavy (non-hydrogen) atoms. The van der Waals surface area contributed by atoms with Crippen LogP contribution >= 0.6 is 0 Å². The van der Waals surface area contributed by atoms with E-state index in [9.17, 15) is 4.79 Å². The van der Waals surface area contributed by atoms with E-state index in [2.05, 4.69) is 74.3 Å². The van der Waals surface area contributed by atoms with Gasteiger partial charge in [0.05, 0.1) is 0 Å². The summed E-state index contributed by atoms with van der Waals surface area (Å²) in [6, 6.07) is 20.8. The fourth-order valence-corrected chi connectivity index (χ4v) is 3.93. The van der Waals surface area contributed by atoms with Crippen LogP contribution in [0.2, 0.25) is 0 Å². The molecule has 0 aromatic heterocycles. The molecule has 0 spiro atoms. The van der Waals surface area contributed by atoms with E-state index < -0.39 is 0 Å². The second-order valence-electron chi connectivity index (χ2n) is 7.57. The summed E-state index contributed by atoms with van der Waals surface area (Å²) in [6.45, 7) is 10.5. The zero-order chi connectivity index (χ0) is 20.5. The molecule has 0 aliphatic rings. The molecule has 144 valence electrons. The highest BCUT2D eigenvalue weighted by molar-refractivity contribution is 6.13. The van der Waals surface area contributed by atoms with Crippen molar-refractivity contribution in [3.8, 4) is 0 Å². The fraction of sp³-hybridized carbons (Fsp3) is 0.148. The molecule has 4 rings (SSSR count). The number of benzene rings is 4. The van der Waals surface area contributed by atoms with Gasteiger partial charge in [0.2, 0.25) is 0 Å². The molecule has 1 N–H and O–H groups in total. The summed E-state index contributed by atoms with van der Waals surface area (Å²) in [4.78, 5) is 12.4. The van der Waals surface area contributed by atoms with Gasteiger partial charge < -0.3 is 5.32 Å². The zero-order valence-corrected chi connectivity index (χ0v) is 17.2. The Hall–Kier alpha value is -3.39. The molecule has 2 nitrogen and oxygen atoms in total. The van der Waals surface area contributed by atoms with Gasteiger partial charge in [0.1, 0.15) is 0 Å². The monoisotopic (exact) mass is 379 g/mol. The number of fused-ring (bicyclic) bond motifs is 2. The number of hydrogen-bond acceptors (Lipinski definition) is 2. The molecule has 0 radical (unpaired) electrons. The molecule has 4 aromatic rings. The van der Waals surface area contributed by atoms with Crippen LogP contribution in [0.15, 0.2) is 60.7 Å². The van der Waals surface area contributed by atoms with Gasteiger partial charge in [-0.1, -0.05) is 61.5 Å². The second kappa shape index (κ2) is 7.56. The van der Waals surface area contributed by atoms with Crippen molar-refractivity contribution in [3.63, 3.8) is 0 Å². The van der Waals surface area contributed by atoms with E-state index in [1.807, 2.05) is 19.1 Å². The van der Waals surface area contributed by atoms with Crippen LogP contribution in [0.4, 0.5) is 11.4 Å². The van der Waals surface area contributed by atoms with Gasteiger partial charge >= 0.3 is 0 Å². The lowest BCUT2D eigenvalue weighted by Crippen LogP contribution is -2.17. The first-order valence-corrected chi connectivity index (χ1v) is 10.0. The third-order valence-corrected chi connectivity index (χ3v) is 5.51. The van der Waals surface area contributed by atoms with Gasteiger partial charge in [-0.2, -0.15) is 0 Å². The molecule has 0 aliphatic heterocycles. The molecule has 0 aliphatic carbocycles. The van der Waals surface area contributed by atoms with Gasteiger partial charge in [0, 0.05) is 23.2 Å². The van der Waals surface area contributed by atoms with Gasteiger partial charge in [0.15, 0.2) is 5.78 Å². The van der Waals surface area contributed by atoms with Gasteiger partial charge in [-0.05, 0) is 70.3 Å². The lowest BCUT2D eigenvalue weighted by atomic mass is 9.93. The first-order valence-electron chi connectivity index (χ1n) is 10.0. The average molecular weight is 380 g/mol. The standard InChI is InChI=1S/C27H25NO/c1-5-21(29)16-24-23-9-7-6-8-22(23)19(4)27-25(15-12-18(3)26(24)27)28-20-13-10-17(2)11-14-20/h6-16,28H,4-5H2,1-3H3/b24-16-. The first kappa shape index (κ1) is 18.9. The summed E-state index contributed by atoms with van der Waals surface area (Å²) in [6.07, 6.45) is 2.29. The van der Waals surface area contributed by atoms with E-state index in [1.54, 1.807) is 6.08 Å². The lowest BCUT2D eigenvalue weighted by molar-refractivity contribution is -0.113. The highest BCUT2D eigenvalue weighted by Crippen LogP contribution is 2.27. The van der Waals surface area contributed by atoms with Crippen LogP contribution in [0.1, 0.15) is 24.5 Å². The Morgan fingerprint density at radius 1 is 0.931 bits per heavy atom. The molecule has 4 aromatic carbocycles. The molecule has 0 bridgehead atoms. The lowest BCUT2D eigenvalue weighted by Gasteiger charge is -2.15. The minimum absolute atomic E-state index is 0.129. The minimum atomic E-state index is 0.129. The van der Waals surface area contributed by atoms with Crippen LogP contribution in [0.3, 0.4) is 0 Å². The number of ketones is 1. The number of aryl methyl sites for hydroxylation is 2. The smallest absolute Gasteiger partial charge is 0.156 e. The predicted molar refractivity (Wildman–Crippen MR) is 125 cm³/mol. The maximum absolute atomic E-state index is 12.4. The maximum atomic E-state index is 12.4. The second-order valence-corrected chi connectivity index (χ2v) is 7.57. The summed E-state index contributed by atoms with van der Waals surface area (Å²) in [5.41, 5.74) is 4.40. The number of rotatable bonds is 4. The van der Waals surface area contributed by atoms with Crippen molar-refractivity contribution in [1.82, 2.24) is 0 Å². The number of nitrogens with one attached hydrogen (secondary N) is 1. The maximum Gasteiger partial charge on any atom is 0.156 e. The van der Waals surface area contributed by atoms with E-state index in [0.717, 1.165) is 48.9 Å². The summed E-state index contributed by atoms with van der Waals surface area (Å²) in [5.74, 6) is 0.129. The summed E-state index contributed by atoms with van der Waals surface area (Å²) in [7, 11) is 0. The Balaban J connectivity index is 2.12. The number of carbonyl (C=O) groups is 1. The van der Waals surface area contributed by atoms with Gasteiger partial charge in [-0.25, -0.2) is 0 Å².